The van der Waals surface area contributed by atoms with E-state index < -0.39 is 12.2 Å². The molecular formula is C22H26N2O4. The molecule has 2 aromatic carbocycles. The second-order valence-electron chi connectivity index (χ2n) is 6.96. The molecule has 28 heavy (non-hydrogen) atoms. The molecule has 0 unspecified atom stereocenters. The molecule has 1 aliphatic carbocycles. The van der Waals surface area contributed by atoms with Crippen LogP contribution in [0.4, 0.5) is 9.59 Å². The molecule has 2 N–H and O–H groups in total. The van der Waals surface area contributed by atoms with Crippen molar-refractivity contribution in [2.45, 2.75) is 51.0 Å². The number of ether oxygens (including phenoxy) is 2. The zero-order chi connectivity index (χ0) is 19.6. The van der Waals surface area contributed by atoms with Crippen LogP contribution >= 0.6 is 0 Å². The standard InChI is InChI=1S/C22H26N2O4/c25-21(27-15-17-7-3-1-4-8-17)23-19-11-13-20(14-12-19)24-22(26)28-16-18-9-5-2-6-10-18/h1-10,19-20H,11-16H2,(H,23,25)(H,24,26)/t19-,20+. The summed E-state index contributed by atoms with van der Waals surface area (Å²) in [4.78, 5) is 23.9. The number of carbonyl (C=O) groups is 2. The largest absolute Gasteiger partial charge is 0.445 e. The maximum atomic E-state index is 11.9. The highest BCUT2D eigenvalue weighted by Crippen LogP contribution is 2.19. The summed E-state index contributed by atoms with van der Waals surface area (Å²) in [7, 11) is 0. The van der Waals surface area contributed by atoms with Crippen molar-refractivity contribution in [1.29, 1.82) is 0 Å². The highest BCUT2D eigenvalue weighted by Gasteiger charge is 2.24. The Labute approximate surface area is 165 Å². The van der Waals surface area contributed by atoms with E-state index >= 15 is 0 Å². The molecular weight excluding hydrogens is 356 g/mol. The van der Waals surface area contributed by atoms with Gasteiger partial charge in [-0.15, -0.1) is 0 Å². The van der Waals surface area contributed by atoms with Crippen LogP contribution in [-0.4, -0.2) is 24.3 Å². The van der Waals surface area contributed by atoms with Gasteiger partial charge in [0.1, 0.15) is 13.2 Å². The van der Waals surface area contributed by atoms with Gasteiger partial charge >= 0.3 is 12.2 Å². The van der Waals surface area contributed by atoms with Crippen molar-refractivity contribution < 1.29 is 19.1 Å². The molecule has 148 valence electrons. The van der Waals surface area contributed by atoms with E-state index in [9.17, 15) is 9.59 Å². The summed E-state index contributed by atoms with van der Waals surface area (Å²) in [6.07, 6.45) is 2.38. The minimum Gasteiger partial charge on any atom is -0.445 e. The fourth-order valence-corrected chi connectivity index (χ4v) is 3.24. The van der Waals surface area contributed by atoms with Crippen LogP contribution in [0.5, 0.6) is 0 Å². The second kappa shape index (κ2) is 10.3. The third kappa shape index (κ3) is 6.61. The molecule has 2 amide bonds. The lowest BCUT2D eigenvalue weighted by atomic mass is 9.91. The monoisotopic (exact) mass is 382 g/mol. The van der Waals surface area contributed by atoms with Crippen LogP contribution < -0.4 is 10.6 Å². The molecule has 0 radical (unpaired) electrons. The summed E-state index contributed by atoms with van der Waals surface area (Å²) in [6, 6.07) is 19.3. The molecule has 0 spiro atoms. The van der Waals surface area contributed by atoms with E-state index in [1.165, 1.54) is 0 Å². The van der Waals surface area contributed by atoms with Gasteiger partial charge in [0.25, 0.3) is 0 Å². The Kier molecular flexibility index (Phi) is 7.29. The van der Waals surface area contributed by atoms with Crippen molar-refractivity contribution in [3.05, 3.63) is 71.8 Å². The lowest BCUT2D eigenvalue weighted by Crippen LogP contribution is -2.44. The van der Waals surface area contributed by atoms with E-state index in [1.54, 1.807) is 0 Å². The van der Waals surface area contributed by atoms with Crippen LogP contribution in [0.1, 0.15) is 36.8 Å². The van der Waals surface area contributed by atoms with E-state index in [0.29, 0.717) is 0 Å². The average Bonchev–Trinajstić information content (AvgIpc) is 2.74. The fourth-order valence-electron chi connectivity index (χ4n) is 3.24. The van der Waals surface area contributed by atoms with Crippen molar-refractivity contribution in [2.75, 3.05) is 0 Å². The van der Waals surface area contributed by atoms with Crippen LogP contribution in [0.3, 0.4) is 0 Å². The SMILES string of the molecule is O=C(N[C@H]1CC[C@@H](NC(=O)OCc2ccccc2)CC1)OCc1ccccc1. The van der Waals surface area contributed by atoms with Gasteiger partial charge in [-0.1, -0.05) is 60.7 Å². The third-order valence-corrected chi connectivity index (χ3v) is 4.80. The first kappa shape index (κ1) is 19.7. The summed E-state index contributed by atoms with van der Waals surface area (Å²) in [5, 5.41) is 5.81. The van der Waals surface area contributed by atoms with Crippen molar-refractivity contribution in [3.8, 4) is 0 Å². The van der Waals surface area contributed by atoms with Gasteiger partial charge in [0.2, 0.25) is 0 Å². The van der Waals surface area contributed by atoms with E-state index in [4.69, 9.17) is 9.47 Å². The van der Waals surface area contributed by atoms with Gasteiger partial charge in [0.05, 0.1) is 0 Å². The van der Waals surface area contributed by atoms with Crippen LogP contribution in [0.15, 0.2) is 60.7 Å². The van der Waals surface area contributed by atoms with E-state index in [0.717, 1.165) is 36.8 Å². The van der Waals surface area contributed by atoms with Gasteiger partial charge < -0.3 is 20.1 Å². The maximum Gasteiger partial charge on any atom is 0.407 e. The van der Waals surface area contributed by atoms with Gasteiger partial charge in [0, 0.05) is 12.1 Å². The number of nitrogens with one attached hydrogen (secondary N) is 2. The fraction of sp³-hybridized carbons (Fsp3) is 0.364. The minimum atomic E-state index is -0.400. The summed E-state index contributed by atoms with van der Waals surface area (Å²) < 4.78 is 10.5. The zero-order valence-corrected chi connectivity index (χ0v) is 15.8. The number of rotatable bonds is 6. The molecule has 2 aromatic rings. The van der Waals surface area contributed by atoms with E-state index in [-0.39, 0.29) is 25.3 Å². The number of carbonyl (C=O) groups excluding carboxylic acids is 2. The lowest BCUT2D eigenvalue weighted by molar-refractivity contribution is 0.125. The molecule has 1 saturated carbocycles. The number of benzene rings is 2. The van der Waals surface area contributed by atoms with Gasteiger partial charge in [-0.2, -0.15) is 0 Å². The van der Waals surface area contributed by atoms with Crippen molar-refractivity contribution >= 4 is 12.2 Å². The minimum absolute atomic E-state index is 0.0710. The maximum absolute atomic E-state index is 11.9. The average molecular weight is 382 g/mol. The molecule has 0 aliphatic heterocycles. The molecule has 1 fully saturated rings. The normalized spacial score (nSPS) is 18.7. The van der Waals surface area contributed by atoms with Crippen molar-refractivity contribution in [3.63, 3.8) is 0 Å². The molecule has 3 rings (SSSR count). The molecule has 0 saturated heterocycles. The number of alkyl carbamates (subject to hydrolysis) is 2. The molecule has 0 heterocycles. The molecule has 0 aromatic heterocycles. The Balaban J connectivity index is 1.30. The quantitative estimate of drug-likeness (QED) is 0.787. The molecule has 0 bridgehead atoms. The first-order valence-electron chi connectivity index (χ1n) is 9.63. The van der Waals surface area contributed by atoms with E-state index in [1.807, 2.05) is 60.7 Å². The Morgan fingerprint density at radius 2 is 1.04 bits per heavy atom. The summed E-state index contributed by atoms with van der Waals surface area (Å²) in [5.74, 6) is 0. The van der Waals surface area contributed by atoms with Crippen molar-refractivity contribution in [1.82, 2.24) is 10.6 Å². The lowest BCUT2D eigenvalue weighted by Gasteiger charge is -2.29. The van der Waals surface area contributed by atoms with Crippen LogP contribution in [0.25, 0.3) is 0 Å². The van der Waals surface area contributed by atoms with Crippen LogP contribution in [-0.2, 0) is 22.7 Å². The number of hydrogen-bond acceptors (Lipinski definition) is 4. The molecule has 6 heteroatoms. The first-order valence-corrected chi connectivity index (χ1v) is 9.63. The number of amides is 2. The Morgan fingerprint density at radius 3 is 1.39 bits per heavy atom. The zero-order valence-electron chi connectivity index (χ0n) is 15.8. The predicted molar refractivity (Wildman–Crippen MR) is 106 cm³/mol. The summed E-state index contributed by atoms with van der Waals surface area (Å²) in [6.45, 7) is 0.521. The highest BCUT2D eigenvalue weighted by atomic mass is 16.6. The third-order valence-electron chi connectivity index (χ3n) is 4.80. The number of hydrogen-bond donors (Lipinski definition) is 2. The Bertz CT molecular complexity index is 678. The van der Waals surface area contributed by atoms with Gasteiger partial charge in [0.15, 0.2) is 0 Å². The van der Waals surface area contributed by atoms with Crippen molar-refractivity contribution in [2.24, 2.45) is 0 Å². The molecule has 0 atom stereocenters. The molecule has 1 aliphatic rings. The van der Waals surface area contributed by atoms with Crippen LogP contribution in [0.2, 0.25) is 0 Å². The second-order valence-corrected chi connectivity index (χ2v) is 6.96. The highest BCUT2D eigenvalue weighted by molar-refractivity contribution is 5.68. The summed E-state index contributed by atoms with van der Waals surface area (Å²) in [5.41, 5.74) is 1.92. The molecule has 6 nitrogen and oxygen atoms in total. The Morgan fingerprint density at radius 1 is 0.679 bits per heavy atom. The van der Waals surface area contributed by atoms with E-state index in [2.05, 4.69) is 10.6 Å². The van der Waals surface area contributed by atoms with Gasteiger partial charge in [-0.25, -0.2) is 9.59 Å². The topological polar surface area (TPSA) is 76.7 Å². The first-order chi connectivity index (χ1) is 13.7. The smallest absolute Gasteiger partial charge is 0.407 e. The van der Waals surface area contributed by atoms with Gasteiger partial charge in [-0.3, -0.25) is 0 Å². The summed E-state index contributed by atoms with van der Waals surface area (Å²) >= 11 is 0. The Hall–Kier alpha value is -3.02. The van der Waals surface area contributed by atoms with Gasteiger partial charge in [-0.05, 0) is 36.8 Å². The predicted octanol–water partition coefficient (Wildman–Crippen LogP) is 4.15. The van der Waals surface area contributed by atoms with Crippen LogP contribution in [0, 0.1) is 0 Å².